The van der Waals surface area contributed by atoms with Crippen LogP contribution >= 0.6 is 0 Å². The van der Waals surface area contributed by atoms with Crippen LogP contribution in [0, 0.1) is 6.92 Å². The molecule has 1 fully saturated rings. The Balaban J connectivity index is 1.65. The summed E-state index contributed by atoms with van der Waals surface area (Å²) < 4.78 is 25.5. The van der Waals surface area contributed by atoms with Crippen molar-refractivity contribution >= 4 is 33.1 Å². The SMILES string of the molecule is Cc1ccc(N2CCCS2(=O)=O)cc1NC(=O)CCC(=O)c1cccnc1. The zero-order chi connectivity index (χ0) is 19.4. The Morgan fingerprint density at radius 2 is 2.04 bits per heavy atom. The van der Waals surface area contributed by atoms with Gasteiger partial charge in [0.25, 0.3) is 0 Å². The summed E-state index contributed by atoms with van der Waals surface area (Å²) in [6, 6.07) is 8.52. The standard InChI is InChI=1S/C19H21N3O4S/c1-14-5-6-16(22-10-3-11-27(22,25)26)12-17(14)21-19(24)8-7-18(23)15-4-2-9-20-13-15/h2,4-6,9,12-13H,3,7-8,10-11H2,1H3,(H,21,24). The van der Waals surface area contributed by atoms with E-state index in [1.807, 2.05) is 6.92 Å². The van der Waals surface area contributed by atoms with Gasteiger partial charge in [-0.05, 0) is 43.2 Å². The van der Waals surface area contributed by atoms with Crippen molar-refractivity contribution in [3.63, 3.8) is 0 Å². The van der Waals surface area contributed by atoms with Crippen molar-refractivity contribution in [3.8, 4) is 0 Å². The van der Waals surface area contributed by atoms with Crippen LogP contribution in [-0.2, 0) is 14.8 Å². The van der Waals surface area contributed by atoms with Crippen LogP contribution in [-0.4, -0.2) is 37.4 Å². The lowest BCUT2D eigenvalue weighted by Gasteiger charge is -2.19. The summed E-state index contributed by atoms with van der Waals surface area (Å²) in [7, 11) is -3.28. The number of rotatable bonds is 6. The van der Waals surface area contributed by atoms with Crippen LogP contribution in [0.3, 0.4) is 0 Å². The topological polar surface area (TPSA) is 96.4 Å². The first-order chi connectivity index (χ1) is 12.9. The molecule has 0 spiro atoms. The van der Waals surface area contributed by atoms with Gasteiger partial charge in [0.05, 0.1) is 11.4 Å². The molecule has 0 atom stereocenters. The molecule has 1 saturated heterocycles. The number of amides is 1. The number of nitrogens with one attached hydrogen (secondary N) is 1. The number of benzene rings is 1. The monoisotopic (exact) mass is 387 g/mol. The van der Waals surface area contributed by atoms with E-state index in [9.17, 15) is 18.0 Å². The van der Waals surface area contributed by atoms with E-state index < -0.39 is 10.0 Å². The molecule has 1 aromatic heterocycles. The first-order valence-corrected chi connectivity index (χ1v) is 10.3. The zero-order valence-corrected chi connectivity index (χ0v) is 15.8. The Bertz CT molecular complexity index is 958. The first-order valence-electron chi connectivity index (χ1n) is 8.71. The van der Waals surface area contributed by atoms with Crippen molar-refractivity contribution in [2.45, 2.75) is 26.2 Å². The summed E-state index contributed by atoms with van der Waals surface area (Å²) in [5, 5.41) is 2.78. The number of carbonyl (C=O) groups excluding carboxylic acids is 2. The van der Waals surface area contributed by atoms with Crippen LogP contribution in [0.2, 0.25) is 0 Å². The maximum atomic E-state index is 12.2. The Morgan fingerprint density at radius 1 is 1.22 bits per heavy atom. The molecule has 2 heterocycles. The van der Waals surface area contributed by atoms with E-state index in [2.05, 4.69) is 10.3 Å². The summed E-state index contributed by atoms with van der Waals surface area (Å²) in [5.74, 6) is -0.303. The molecule has 1 aliphatic heterocycles. The van der Waals surface area contributed by atoms with Crippen molar-refractivity contribution in [1.82, 2.24) is 4.98 Å². The fourth-order valence-corrected chi connectivity index (χ4v) is 4.50. The lowest BCUT2D eigenvalue weighted by atomic mass is 10.1. The second-order valence-corrected chi connectivity index (χ2v) is 8.47. The number of sulfonamides is 1. The highest BCUT2D eigenvalue weighted by molar-refractivity contribution is 7.93. The zero-order valence-electron chi connectivity index (χ0n) is 15.0. The minimum absolute atomic E-state index is 0.0411. The number of nitrogens with zero attached hydrogens (tertiary/aromatic N) is 2. The number of Topliss-reactive ketones (excluding diaryl/α,β-unsaturated/α-hetero) is 1. The second kappa shape index (κ2) is 7.87. The third-order valence-electron chi connectivity index (χ3n) is 4.45. The van der Waals surface area contributed by atoms with Crippen LogP contribution in [0.1, 0.15) is 35.2 Å². The predicted molar refractivity (Wildman–Crippen MR) is 103 cm³/mol. The molecule has 7 nitrogen and oxygen atoms in total. The van der Waals surface area contributed by atoms with Gasteiger partial charge in [-0.15, -0.1) is 0 Å². The molecule has 1 amide bonds. The average molecular weight is 387 g/mol. The molecule has 1 N–H and O–H groups in total. The smallest absolute Gasteiger partial charge is 0.235 e. The summed E-state index contributed by atoms with van der Waals surface area (Å²) >= 11 is 0. The van der Waals surface area contributed by atoms with Crippen LogP contribution < -0.4 is 9.62 Å². The fourth-order valence-electron chi connectivity index (χ4n) is 2.94. The van der Waals surface area contributed by atoms with E-state index in [-0.39, 0.29) is 30.3 Å². The molecule has 0 saturated carbocycles. The van der Waals surface area contributed by atoms with Crippen LogP contribution in [0.15, 0.2) is 42.7 Å². The number of hydrogen-bond donors (Lipinski definition) is 1. The Morgan fingerprint density at radius 3 is 2.70 bits per heavy atom. The highest BCUT2D eigenvalue weighted by Crippen LogP contribution is 2.28. The molecule has 3 rings (SSSR count). The highest BCUT2D eigenvalue weighted by atomic mass is 32.2. The number of ketones is 1. The molecule has 0 aliphatic carbocycles. The predicted octanol–water partition coefficient (Wildman–Crippen LogP) is 2.53. The molecular formula is C19H21N3O4S. The van der Waals surface area contributed by atoms with E-state index in [0.29, 0.717) is 29.9 Å². The van der Waals surface area contributed by atoms with E-state index in [1.54, 1.807) is 36.5 Å². The normalized spacial score (nSPS) is 15.5. The number of pyridine rings is 1. The van der Waals surface area contributed by atoms with Gasteiger partial charge >= 0.3 is 0 Å². The molecule has 0 unspecified atom stereocenters. The largest absolute Gasteiger partial charge is 0.326 e. The molecule has 2 aromatic rings. The van der Waals surface area contributed by atoms with Crippen molar-refractivity contribution in [2.24, 2.45) is 0 Å². The van der Waals surface area contributed by atoms with Crippen LogP contribution in [0.5, 0.6) is 0 Å². The summed E-state index contributed by atoms with van der Waals surface area (Å²) in [6.07, 6.45) is 3.77. The molecule has 0 bridgehead atoms. The first kappa shape index (κ1) is 19.0. The number of aromatic nitrogens is 1. The van der Waals surface area contributed by atoms with Gasteiger partial charge in [0.15, 0.2) is 5.78 Å². The Hall–Kier alpha value is -2.74. The molecule has 1 aromatic carbocycles. The van der Waals surface area contributed by atoms with E-state index in [4.69, 9.17) is 0 Å². The molecule has 0 radical (unpaired) electrons. The summed E-state index contributed by atoms with van der Waals surface area (Å²) in [4.78, 5) is 28.2. The quantitative estimate of drug-likeness (QED) is 0.769. The van der Waals surface area contributed by atoms with Gasteiger partial charge in [0.2, 0.25) is 15.9 Å². The molecule has 1 aliphatic rings. The van der Waals surface area contributed by atoms with Gasteiger partial charge in [-0.25, -0.2) is 8.42 Å². The molecular weight excluding hydrogens is 366 g/mol. The van der Waals surface area contributed by atoms with Gasteiger partial charge in [0, 0.05) is 43.0 Å². The van der Waals surface area contributed by atoms with Gasteiger partial charge in [0.1, 0.15) is 0 Å². The van der Waals surface area contributed by atoms with Crippen molar-refractivity contribution in [3.05, 3.63) is 53.9 Å². The summed E-state index contributed by atoms with van der Waals surface area (Å²) in [5.41, 5.74) is 2.39. The van der Waals surface area contributed by atoms with Crippen molar-refractivity contribution in [2.75, 3.05) is 21.9 Å². The summed E-state index contributed by atoms with van der Waals surface area (Å²) in [6.45, 7) is 2.27. The maximum Gasteiger partial charge on any atom is 0.235 e. The van der Waals surface area contributed by atoms with E-state index in [0.717, 1.165) is 5.56 Å². The lowest BCUT2D eigenvalue weighted by Crippen LogP contribution is -2.25. The minimum atomic E-state index is -3.28. The van der Waals surface area contributed by atoms with Crippen LogP contribution in [0.4, 0.5) is 11.4 Å². The van der Waals surface area contributed by atoms with Gasteiger partial charge < -0.3 is 5.32 Å². The van der Waals surface area contributed by atoms with Crippen molar-refractivity contribution < 1.29 is 18.0 Å². The van der Waals surface area contributed by atoms with Gasteiger partial charge in [-0.1, -0.05) is 6.07 Å². The van der Waals surface area contributed by atoms with Gasteiger partial charge in [-0.3, -0.25) is 18.9 Å². The van der Waals surface area contributed by atoms with Gasteiger partial charge in [-0.2, -0.15) is 0 Å². The number of aryl methyl sites for hydroxylation is 1. The number of anilines is 2. The van der Waals surface area contributed by atoms with Crippen LogP contribution in [0.25, 0.3) is 0 Å². The highest BCUT2D eigenvalue weighted by Gasteiger charge is 2.28. The maximum absolute atomic E-state index is 12.2. The fraction of sp³-hybridized carbons (Fsp3) is 0.316. The molecule has 27 heavy (non-hydrogen) atoms. The van der Waals surface area contributed by atoms with E-state index >= 15 is 0 Å². The Kier molecular flexibility index (Phi) is 5.55. The number of hydrogen-bond acceptors (Lipinski definition) is 5. The third kappa shape index (κ3) is 4.51. The Labute approximate surface area is 158 Å². The third-order valence-corrected chi connectivity index (χ3v) is 6.31. The van der Waals surface area contributed by atoms with E-state index in [1.165, 1.54) is 10.5 Å². The van der Waals surface area contributed by atoms with Crippen molar-refractivity contribution in [1.29, 1.82) is 0 Å². The molecule has 8 heteroatoms. The molecule has 142 valence electrons. The second-order valence-electron chi connectivity index (χ2n) is 6.45. The number of carbonyl (C=O) groups is 2. The average Bonchev–Trinajstić information content (AvgIpc) is 3.01. The lowest BCUT2D eigenvalue weighted by molar-refractivity contribution is -0.116. The minimum Gasteiger partial charge on any atom is -0.326 e.